The fraction of sp³-hybridized carbons (Fsp3) is 0.478. The van der Waals surface area contributed by atoms with Crippen LogP contribution >= 0.6 is 0 Å². The van der Waals surface area contributed by atoms with Gasteiger partial charge in [-0.3, -0.25) is 9.59 Å². The van der Waals surface area contributed by atoms with E-state index in [9.17, 15) is 20.1 Å². The fourth-order valence-electron chi connectivity index (χ4n) is 5.18. The minimum Gasteiger partial charge on any atom is -0.293 e. The Balaban J connectivity index is 2.31. The van der Waals surface area contributed by atoms with E-state index in [1.165, 1.54) is 6.08 Å². The SMILES string of the molecule is CCC#C[C@]12C=C(C#N)C(=O)C=C1[C@@]1(C)C=C(C#N)C(=O)C(C)(C)C1CC2. The Hall–Kier alpha value is -2.90. The summed E-state index contributed by atoms with van der Waals surface area (Å²) in [5.41, 5.74) is -0.987. The van der Waals surface area contributed by atoms with Crippen molar-refractivity contribution in [3.63, 3.8) is 0 Å². The van der Waals surface area contributed by atoms with Crippen LogP contribution in [-0.2, 0) is 9.59 Å². The number of nitriles is 2. The average molecular weight is 358 g/mol. The molecule has 1 unspecified atom stereocenters. The van der Waals surface area contributed by atoms with Crippen molar-refractivity contribution >= 4 is 11.6 Å². The first-order chi connectivity index (χ1) is 12.7. The number of allylic oxidation sites excluding steroid dienone is 6. The summed E-state index contributed by atoms with van der Waals surface area (Å²) in [6.45, 7) is 7.72. The van der Waals surface area contributed by atoms with Crippen LogP contribution in [-0.4, -0.2) is 11.6 Å². The molecular weight excluding hydrogens is 336 g/mol. The first-order valence-corrected chi connectivity index (χ1v) is 9.24. The van der Waals surface area contributed by atoms with E-state index in [0.717, 1.165) is 12.0 Å². The number of nitrogens with zero attached hydrogens (tertiary/aromatic N) is 2. The molecule has 0 bridgehead atoms. The summed E-state index contributed by atoms with van der Waals surface area (Å²) in [6, 6.07) is 4.04. The summed E-state index contributed by atoms with van der Waals surface area (Å²) in [5, 5.41) is 18.9. The van der Waals surface area contributed by atoms with E-state index in [1.807, 2.05) is 39.8 Å². The summed E-state index contributed by atoms with van der Waals surface area (Å²) >= 11 is 0. The summed E-state index contributed by atoms with van der Waals surface area (Å²) in [6.07, 6.45) is 7.02. The average Bonchev–Trinajstić information content (AvgIpc) is 2.63. The van der Waals surface area contributed by atoms with Crippen LogP contribution in [0.3, 0.4) is 0 Å². The van der Waals surface area contributed by atoms with Crippen LogP contribution < -0.4 is 0 Å². The van der Waals surface area contributed by atoms with Gasteiger partial charge in [-0.2, -0.15) is 10.5 Å². The number of carbonyl (C=O) groups is 2. The standard InChI is InChI=1S/C23H22N2O2/c1-5-6-8-23-9-7-18-21(2,3)20(27)16(14-25)11-22(18,4)19(23)10-17(26)15(12-23)13-24/h10-12,18H,5,7,9H2,1-4H3/t18?,22-,23-/m0/s1. The molecule has 0 heterocycles. The molecule has 136 valence electrons. The molecule has 27 heavy (non-hydrogen) atoms. The lowest BCUT2D eigenvalue weighted by Crippen LogP contribution is -2.53. The molecule has 0 saturated heterocycles. The van der Waals surface area contributed by atoms with E-state index >= 15 is 0 Å². The molecule has 0 aromatic carbocycles. The summed E-state index contributed by atoms with van der Waals surface area (Å²) in [5.74, 6) is 5.92. The van der Waals surface area contributed by atoms with Gasteiger partial charge in [-0.05, 0) is 36.5 Å². The van der Waals surface area contributed by atoms with Gasteiger partial charge in [0.2, 0.25) is 0 Å². The highest BCUT2D eigenvalue weighted by molar-refractivity contribution is 6.09. The maximum Gasteiger partial charge on any atom is 0.196 e. The van der Waals surface area contributed by atoms with Crippen LogP contribution in [0.25, 0.3) is 0 Å². The molecule has 1 saturated carbocycles. The lowest BCUT2D eigenvalue weighted by atomic mass is 9.45. The van der Waals surface area contributed by atoms with Gasteiger partial charge in [0, 0.05) is 17.3 Å². The topological polar surface area (TPSA) is 81.7 Å². The van der Waals surface area contributed by atoms with Crippen LogP contribution in [0.4, 0.5) is 0 Å². The van der Waals surface area contributed by atoms with E-state index in [1.54, 1.807) is 12.2 Å². The van der Waals surface area contributed by atoms with Crippen LogP contribution in [0.15, 0.2) is 34.9 Å². The van der Waals surface area contributed by atoms with Crippen molar-refractivity contribution in [2.45, 2.75) is 47.0 Å². The van der Waals surface area contributed by atoms with Crippen molar-refractivity contribution in [3.05, 3.63) is 34.9 Å². The van der Waals surface area contributed by atoms with Gasteiger partial charge < -0.3 is 0 Å². The van der Waals surface area contributed by atoms with Crippen molar-refractivity contribution < 1.29 is 9.59 Å². The molecule has 4 heteroatoms. The molecule has 3 atom stereocenters. The normalized spacial score (nSPS) is 33.7. The maximum atomic E-state index is 12.8. The van der Waals surface area contributed by atoms with Crippen molar-refractivity contribution in [2.24, 2.45) is 22.2 Å². The zero-order chi connectivity index (χ0) is 20.0. The van der Waals surface area contributed by atoms with Gasteiger partial charge in [0.05, 0.1) is 16.6 Å². The van der Waals surface area contributed by atoms with E-state index in [0.29, 0.717) is 12.8 Å². The number of rotatable bonds is 0. The van der Waals surface area contributed by atoms with E-state index < -0.39 is 16.2 Å². The number of Topliss-reactive ketones (excluding diaryl/α,β-unsaturated/α-hetero) is 1. The Bertz CT molecular complexity index is 984. The number of hydrogen-bond acceptors (Lipinski definition) is 4. The second-order valence-corrected chi connectivity index (χ2v) is 8.31. The molecule has 0 radical (unpaired) electrons. The number of ketones is 2. The zero-order valence-corrected chi connectivity index (χ0v) is 16.1. The third-order valence-corrected chi connectivity index (χ3v) is 6.42. The number of hydrogen-bond donors (Lipinski definition) is 0. The zero-order valence-electron chi connectivity index (χ0n) is 16.1. The quantitative estimate of drug-likeness (QED) is 0.616. The summed E-state index contributed by atoms with van der Waals surface area (Å²) < 4.78 is 0. The van der Waals surface area contributed by atoms with Crippen LogP contribution in [0.2, 0.25) is 0 Å². The lowest BCUT2D eigenvalue weighted by molar-refractivity contribution is -0.130. The van der Waals surface area contributed by atoms with Gasteiger partial charge in [-0.1, -0.05) is 39.7 Å². The highest BCUT2D eigenvalue weighted by Gasteiger charge is 2.59. The van der Waals surface area contributed by atoms with E-state index in [4.69, 9.17) is 0 Å². The monoisotopic (exact) mass is 358 g/mol. The number of fused-ring (bicyclic) bond motifs is 3. The fourth-order valence-corrected chi connectivity index (χ4v) is 5.18. The van der Waals surface area contributed by atoms with E-state index in [-0.39, 0.29) is 28.6 Å². The molecule has 3 rings (SSSR count). The summed E-state index contributed by atoms with van der Waals surface area (Å²) in [7, 11) is 0. The molecule has 0 aromatic heterocycles. The maximum absolute atomic E-state index is 12.8. The Morgan fingerprint density at radius 1 is 1.11 bits per heavy atom. The first kappa shape index (κ1) is 18.9. The van der Waals surface area contributed by atoms with Crippen molar-refractivity contribution in [3.8, 4) is 24.0 Å². The minimum absolute atomic E-state index is 0.0396. The molecule has 0 amide bonds. The second-order valence-electron chi connectivity index (χ2n) is 8.31. The van der Waals surface area contributed by atoms with Gasteiger partial charge in [-0.25, -0.2) is 0 Å². The third kappa shape index (κ3) is 2.50. The van der Waals surface area contributed by atoms with Gasteiger partial charge in [0.15, 0.2) is 11.6 Å². The molecule has 0 aliphatic heterocycles. The largest absolute Gasteiger partial charge is 0.293 e. The molecule has 3 aliphatic rings. The van der Waals surface area contributed by atoms with Crippen molar-refractivity contribution in [2.75, 3.05) is 0 Å². The highest BCUT2D eigenvalue weighted by Crippen LogP contribution is 2.63. The van der Waals surface area contributed by atoms with Gasteiger partial charge >= 0.3 is 0 Å². The Kier molecular flexibility index (Phi) is 4.25. The van der Waals surface area contributed by atoms with Crippen molar-refractivity contribution in [1.29, 1.82) is 10.5 Å². The molecule has 3 aliphatic carbocycles. The predicted octanol–water partition coefficient (Wildman–Crippen LogP) is 3.82. The molecule has 1 fully saturated rings. The summed E-state index contributed by atoms with van der Waals surface area (Å²) in [4.78, 5) is 25.3. The smallest absolute Gasteiger partial charge is 0.196 e. The molecule has 4 nitrogen and oxygen atoms in total. The molecular formula is C23H22N2O2. The predicted molar refractivity (Wildman–Crippen MR) is 101 cm³/mol. The molecule has 0 aromatic rings. The van der Waals surface area contributed by atoms with Gasteiger partial charge in [0.25, 0.3) is 0 Å². The van der Waals surface area contributed by atoms with E-state index in [2.05, 4.69) is 11.8 Å². The van der Waals surface area contributed by atoms with Gasteiger partial charge in [-0.15, -0.1) is 5.92 Å². The lowest BCUT2D eigenvalue weighted by Gasteiger charge is -2.56. The van der Waals surface area contributed by atoms with Crippen LogP contribution in [0, 0.1) is 56.7 Å². The van der Waals surface area contributed by atoms with Crippen LogP contribution in [0.1, 0.15) is 47.0 Å². The second kappa shape index (κ2) is 6.07. The third-order valence-electron chi connectivity index (χ3n) is 6.42. The highest BCUT2D eigenvalue weighted by atomic mass is 16.1. The first-order valence-electron chi connectivity index (χ1n) is 9.24. The molecule has 0 spiro atoms. The Labute approximate surface area is 160 Å². The van der Waals surface area contributed by atoms with Gasteiger partial charge in [0.1, 0.15) is 12.1 Å². The minimum atomic E-state index is -0.706. The van der Waals surface area contributed by atoms with Crippen LogP contribution in [0.5, 0.6) is 0 Å². The molecule has 0 N–H and O–H groups in total. The Morgan fingerprint density at radius 3 is 2.37 bits per heavy atom. The number of carbonyl (C=O) groups excluding carboxylic acids is 2. The van der Waals surface area contributed by atoms with Crippen molar-refractivity contribution in [1.82, 2.24) is 0 Å². The Morgan fingerprint density at radius 2 is 1.78 bits per heavy atom.